The van der Waals surface area contributed by atoms with Crippen molar-refractivity contribution in [3.05, 3.63) is 71.1 Å². The smallest absolute Gasteiger partial charge is 0.277 e. The van der Waals surface area contributed by atoms with Crippen LogP contribution in [0.1, 0.15) is 29.5 Å². The zero-order chi connectivity index (χ0) is 19.3. The van der Waals surface area contributed by atoms with Gasteiger partial charge in [0.25, 0.3) is 11.1 Å². The van der Waals surface area contributed by atoms with Gasteiger partial charge in [0.05, 0.1) is 0 Å². The van der Waals surface area contributed by atoms with Crippen molar-refractivity contribution in [2.24, 2.45) is 0 Å². The van der Waals surface area contributed by atoms with Gasteiger partial charge >= 0.3 is 0 Å². The molecule has 1 atom stereocenters. The first-order valence-corrected chi connectivity index (χ1v) is 10.2. The normalized spacial score (nSPS) is 14.5. The highest BCUT2D eigenvalue weighted by Crippen LogP contribution is 2.35. The van der Waals surface area contributed by atoms with E-state index in [0.717, 1.165) is 18.4 Å². The maximum absolute atomic E-state index is 12.7. The molecule has 1 amide bonds. The zero-order valence-corrected chi connectivity index (χ0v) is 16.4. The van der Waals surface area contributed by atoms with E-state index in [9.17, 15) is 4.79 Å². The van der Waals surface area contributed by atoms with Gasteiger partial charge in [0.15, 0.2) is 6.61 Å². The van der Waals surface area contributed by atoms with Gasteiger partial charge in [0.1, 0.15) is 11.0 Å². The van der Waals surface area contributed by atoms with E-state index in [2.05, 4.69) is 15.5 Å². The molecule has 1 N–H and O–H groups in total. The second-order valence-electron chi connectivity index (χ2n) is 6.40. The number of carbonyl (C=O) groups excluding carboxylic acids is 1. The second-order valence-corrected chi connectivity index (χ2v) is 7.89. The van der Waals surface area contributed by atoms with Gasteiger partial charge in [-0.05, 0) is 54.4 Å². The molecule has 1 aliphatic carbocycles. The largest absolute Gasteiger partial charge is 0.484 e. The van der Waals surface area contributed by atoms with Crippen molar-refractivity contribution in [2.45, 2.75) is 36.0 Å². The van der Waals surface area contributed by atoms with Gasteiger partial charge in [0, 0.05) is 11.1 Å². The SMILES string of the molecule is O=C(NC1CC1)[C@H](Sc1nnc(COc2ccc(Cl)cc2)o1)c1ccccc1. The Kier molecular flexibility index (Phi) is 5.83. The van der Waals surface area contributed by atoms with E-state index in [4.69, 9.17) is 20.8 Å². The fraction of sp³-hybridized carbons (Fsp3) is 0.250. The number of nitrogens with one attached hydrogen (secondary N) is 1. The molecule has 1 heterocycles. The van der Waals surface area contributed by atoms with Crippen LogP contribution in [0.25, 0.3) is 0 Å². The van der Waals surface area contributed by atoms with E-state index in [0.29, 0.717) is 21.9 Å². The Morgan fingerprint density at radius 1 is 1.18 bits per heavy atom. The molecule has 0 bridgehead atoms. The van der Waals surface area contributed by atoms with Crippen molar-refractivity contribution < 1.29 is 13.9 Å². The van der Waals surface area contributed by atoms with Crippen molar-refractivity contribution in [2.75, 3.05) is 0 Å². The molecule has 6 nitrogen and oxygen atoms in total. The van der Waals surface area contributed by atoms with Crippen molar-refractivity contribution in [3.63, 3.8) is 0 Å². The van der Waals surface area contributed by atoms with Crippen LogP contribution in [-0.2, 0) is 11.4 Å². The summed E-state index contributed by atoms with van der Waals surface area (Å²) in [7, 11) is 0. The number of aromatic nitrogens is 2. The highest BCUT2D eigenvalue weighted by Gasteiger charge is 2.30. The molecule has 28 heavy (non-hydrogen) atoms. The fourth-order valence-electron chi connectivity index (χ4n) is 2.53. The minimum atomic E-state index is -0.452. The van der Waals surface area contributed by atoms with Crippen LogP contribution in [0.3, 0.4) is 0 Å². The van der Waals surface area contributed by atoms with Gasteiger partial charge in [-0.2, -0.15) is 0 Å². The molecule has 1 aromatic heterocycles. The maximum atomic E-state index is 12.7. The number of carbonyl (C=O) groups is 1. The fourth-order valence-corrected chi connectivity index (χ4v) is 3.55. The van der Waals surface area contributed by atoms with Crippen LogP contribution in [0.4, 0.5) is 0 Å². The lowest BCUT2D eigenvalue weighted by atomic mass is 10.1. The summed E-state index contributed by atoms with van der Waals surface area (Å²) in [6.45, 7) is 0.138. The first kappa shape index (κ1) is 18.8. The Morgan fingerprint density at radius 3 is 2.64 bits per heavy atom. The summed E-state index contributed by atoms with van der Waals surface area (Å²) in [5.41, 5.74) is 0.891. The molecule has 0 unspecified atom stereocenters. The third kappa shape index (κ3) is 5.05. The Labute approximate surface area is 171 Å². The van der Waals surface area contributed by atoms with Gasteiger partial charge in [-0.15, -0.1) is 10.2 Å². The van der Waals surface area contributed by atoms with Crippen LogP contribution >= 0.6 is 23.4 Å². The summed E-state index contributed by atoms with van der Waals surface area (Å²) >= 11 is 7.10. The molecule has 1 saturated carbocycles. The second kappa shape index (κ2) is 8.67. The van der Waals surface area contributed by atoms with Crippen LogP contribution in [-0.4, -0.2) is 22.1 Å². The molecule has 2 aromatic carbocycles. The Morgan fingerprint density at radius 2 is 1.93 bits per heavy atom. The summed E-state index contributed by atoms with van der Waals surface area (Å²) in [6.07, 6.45) is 2.06. The van der Waals surface area contributed by atoms with Gasteiger partial charge in [-0.3, -0.25) is 4.79 Å². The van der Waals surface area contributed by atoms with Crippen LogP contribution in [0.5, 0.6) is 5.75 Å². The van der Waals surface area contributed by atoms with Gasteiger partial charge in [-0.1, -0.05) is 41.9 Å². The Hall–Kier alpha value is -2.51. The van der Waals surface area contributed by atoms with Crippen LogP contribution in [0.15, 0.2) is 64.2 Å². The van der Waals surface area contributed by atoms with Gasteiger partial charge in [-0.25, -0.2) is 0 Å². The quantitative estimate of drug-likeness (QED) is 0.549. The lowest BCUT2D eigenvalue weighted by molar-refractivity contribution is -0.120. The molecule has 0 aliphatic heterocycles. The Bertz CT molecular complexity index is 929. The molecule has 144 valence electrons. The molecule has 1 aliphatic rings. The number of hydrogen-bond donors (Lipinski definition) is 1. The summed E-state index contributed by atoms with van der Waals surface area (Å²) in [5.74, 6) is 0.950. The van der Waals surface area contributed by atoms with E-state index in [1.54, 1.807) is 24.3 Å². The number of nitrogens with zero attached hydrogens (tertiary/aromatic N) is 2. The molecular weight excluding hydrogens is 398 g/mol. The monoisotopic (exact) mass is 415 g/mol. The summed E-state index contributed by atoms with van der Waals surface area (Å²) < 4.78 is 11.3. The van der Waals surface area contributed by atoms with Crippen LogP contribution in [0.2, 0.25) is 5.02 Å². The third-order valence-electron chi connectivity index (χ3n) is 4.11. The number of thioether (sulfide) groups is 1. The van der Waals surface area contributed by atoms with E-state index < -0.39 is 5.25 Å². The lowest BCUT2D eigenvalue weighted by Gasteiger charge is -2.14. The molecule has 0 saturated heterocycles. The minimum absolute atomic E-state index is 0.0455. The molecule has 1 fully saturated rings. The van der Waals surface area contributed by atoms with E-state index in [1.807, 2.05) is 30.3 Å². The Balaban J connectivity index is 1.42. The maximum Gasteiger partial charge on any atom is 0.277 e. The average molecular weight is 416 g/mol. The standard InChI is InChI=1S/C20H18ClN3O3S/c21-14-6-10-16(11-7-14)26-12-17-23-24-20(27-17)28-18(13-4-2-1-3-5-13)19(25)22-15-8-9-15/h1-7,10-11,15,18H,8-9,12H2,(H,22,25)/t18-/m1/s1. The van der Waals surface area contributed by atoms with Crippen molar-refractivity contribution >= 4 is 29.3 Å². The molecule has 8 heteroatoms. The minimum Gasteiger partial charge on any atom is -0.484 e. The van der Waals surface area contributed by atoms with Crippen molar-refractivity contribution in [1.82, 2.24) is 15.5 Å². The third-order valence-corrected chi connectivity index (χ3v) is 5.45. The predicted octanol–water partition coefficient (Wildman–Crippen LogP) is 4.41. The molecule has 0 radical (unpaired) electrons. The number of hydrogen-bond acceptors (Lipinski definition) is 6. The number of amides is 1. The first-order chi connectivity index (χ1) is 13.7. The number of benzene rings is 2. The molecule has 0 spiro atoms. The summed E-state index contributed by atoms with van der Waals surface area (Å²) in [5, 5.41) is 11.6. The number of ether oxygens (including phenoxy) is 1. The van der Waals surface area contributed by atoms with Crippen LogP contribution in [0, 0.1) is 0 Å². The number of halogens is 1. The van der Waals surface area contributed by atoms with Gasteiger partial charge in [0.2, 0.25) is 5.91 Å². The lowest BCUT2D eigenvalue weighted by Crippen LogP contribution is -2.29. The molecule has 3 aromatic rings. The van der Waals surface area contributed by atoms with E-state index in [-0.39, 0.29) is 18.6 Å². The van der Waals surface area contributed by atoms with Gasteiger partial charge < -0.3 is 14.5 Å². The predicted molar refractivity (Wildman–Crippen MR) is 106 cm³/mol. The summed E-state index contributed by atoms with van der Waals surface area (Å²) in [6, 6.07) is 16.9. The topological polar surface area (TPSA) is 77.2 Å². The zero-order valence-electron chi connectivity index (χ0n) is 14.9. The average Bonchev–Trinajstić information content (AvgIpc) is 3.41. The molecule has 4 rings (SSSR count). The van der Waals surface area contributed by atoms with Crippen molar-refractivity contribution in [1.29, 1.82) is 0 Å². The molecular formula is C20H18ClN3O3S. The highest BCUT2D eigenvalue weighted by atomic mass is 35.5. The summed E-state index contributed by atoms with van der Waals surface area (Å²) in [4.78, 5) is 12.7. The number of rotatable bonds is 8. The van der Waals surface area contributed by atoms with Crippen molar-refractivity contribution in [3.8, 4) is 5.75 Å². The van der Waals surface area contributed by atoms with E-state index >= 15 is 0 Å². The highest BCUT2D eigenvalue weighted by molar-refractivity contribution is 8.00. The van der Waals surface area contributed by atoms with E-state index in [1.165, 1.54) is 11.8 Å². The van der Waals surface area contributed by atoms with Crippen LogP contribution < -0.4 is 10.1 Å². The first-order valence-electron chi connectivity index (χ1n) is 8.90.